The van der Waals surface area contributed by atoms with Crippen LogP contribution in [0.3, 0.4) is 0 Å². The largest absolute Gasteiger partial charge is 0.413 e. The van der Waals surface area contributed by atoms with Gasteiger partial charge in [0.1, 0.15) is 0 Å². The quantitative estimate of drug-likeness (QED) is 0.656. The zero-order chi connectivity index (χ0) is 19.7. The normalized spacial score (nSPS) is 21.4. The molecule has 0 saturated heterocycles. The molecule has 0 atom stereocenters. The summed E-state index contributed by atoms with van der Waals surface area (Å²) in [4.78, 5) is 0. The van der Waals surface area contributed by atoms with E-state index in [4.69, 9.17) is 4.43 Å². The summed E-state index contributed by atoms with van der Waals surface area (Å²) in [5.74, 6) is 0.538. The fraction of sp³-hybridized carbons (Fsp3) is 0.591. The van der Waals surface area contributed by atoms with Crippen molar-refractivity contribution in [1.82, 2.24) is 10.2 Å². The monoisotopic (exact) mass is 386 g/mol. The zero-order valence-electron chi connectivity index (χ0n) is 17.4. The van der Waals surface area contributed by atoms with Gasteiger partial charge >= 0.3 is 0 Å². The van der Waals surface area contributed by atoms with Crippen LogP contribution in [0.15, 0.2) is 30.5 Å². The Morgan fingerprint density at radius 2 is 1.85 bits per heavy atom. The Morgan fingerprint density at radius 3 is 2.44 bits per heavy atom. The molecule has 2 aromatic rings. The highest BCUT2D eigenvalue weighted by atomic mass is 28.4. The van der Waals surface area contributed by atoms with Crippen LogP contribution in [0, 0.1) is 0 Å². The Kier molecular flexibility index (Phi) is 5.94. The minimum atomic E-state index is -1.82. The molecule has 0 aliphatic heterocycles. The average Bonchev–Trinajstić information content (AvgIpc) is 3.14. The number of aliphatic hydroxyl groups is 1. The van der Waals surface area contributed by atoms with Crippen LogP contribution in [-0.2, 0) is 11.0 Å². The smallest absolute Gasteiger partial charge is 0.192 e. The van der Waals surface area contributed by atoms with E-state index in [1.165, 1.54) is 16.7 Å². The highest BCUT2D eigenvalue weighted by molar-refractivity contribution is 6.74. The van der Waals surface area contributed by atoms with E-state index < -0.39 is 8.32 Å². The third-order valence-corrected chi connectivity index (χ3v) is 11.0. The molecule has 2 N–H and O–H groups in total. The molecule has 0 radical (unpaired) electrons. The van der Waals surface area contributed by atoms with E-state index in [0.29, 0.717) is 12.5 Å². The lowest BCUT2D eigenvalue weighted by molar-refractivity contribution is 0.122. The fourth-order valence-corrected chi connectivity index (χ4v) is 4.49. The first kappa shape index (κ1) is 20.3. The van der Waals surface area contributed by atoms with Gasteiger partial charge in [-0.2, -0.15) is 5.10 Å². The fourth-order valence-electron chi connectivity index (χ4n) is 3.54. The van der Waals surface area contributed by atoms with Crippen LogP contribution in [-0.4, -0.2) is 29.7 Å². The molecule has 0 bridgehead atoms. The van der Waals surface area contributed by atoms with Gasteiger partial charge in [-0.15, -0.1) is 0 Å². The van der Waals surface area contributed by atoms with Crippen molar-refractivity contribution < 1.29 is 9.53 Å². The maximum atomic E-state index is 9.82. The molecule has 1 aromatic carbocycles. The minimum Gasteiger partial charge on any atom is -0.413 e. The van der Waals surface area contributed by atoms with Gasteiger partial charge in [0.05, 0.1) is 18.4 Å². The molecule has 0 spiro atoms. The summed E-state index contributed by atoms with van der Waals surface area (Å²) in [5.41, 5.74) is 4.81. The Morgan fingerprint density at radius 1 is 1.15 bits per heavy atom. The van der Waals surface area contributed by atoms with E-state index in [2.05, 4.69) is 62.3 Å². The summed E-state index contributed by atoms with van der Waals surface area (Å²) in [6, 6.07) is 8.79. The maximum absolute atomic E-state index is 9.82. The standard InChI is InChI=1S/C22H34N2O2Si/c1-22(2,3)27(4,5)26-15-18-14-17(16-6-9-19(25)10-7-16)8-11-20(18)21-12-13-23-24-21/h8,11-14,16,19,25H,6-7,9-10,15H2,1-5H3,(H,23,24)/t16-,19+. The number of rotatable bonds is 5. The van der Waals surface area contributed by atoms with Crippen molar-refractivity contribution >= 4 is 8.32 Å². The molecule has 0 unspecified atom stereocenters. The van der Waals surface area contributed by atoms with Crippen LogP contribution in [0.2, 0.25) is 18.1 Å². The number of hydrogen-bond donors (Lipinski definition) is 2. The molecule has 1 heterocycles. The summed E-state index contributed by atoms with van der Waals surface area (Å²) in [5, 5.41) is 17.2. The molecule has 1 saturated carbocycles. The Labute approximate surface area is 164 Å². The predicted molar refractivity (Wildman–Crippen MR) is 113 cm³/mol. The highest BCUT2D eigenvalue weighted by Crippen LogP contribution is 2.39. The number of H-pyrrole nitrogens is 1. The minimum absolute atomic E-state index is 0.119. The second-order valence-corrected chi connectivity index (χ2v) is 14.3. The third-order valence-electron chi connectivity index (χ3n) is 6.48. The van der Waals surface area contributed by atoms with Crippen LogP contribution in [0.25, 0.3) is 11.3 Å². The van der Waals surface area contributed by atoms with Gasteiger partial charge < -0.3 is 9.53 Å². The molecule has 1 fully saturated rings. The van der Waals surface area contributed by atoms with Crippen molar-refractivity contribution in [1.29, 1.82) is 0 Å². The molecule has 4 nitrogen and oxygen atoms in total. The summed E-state index contributed by atoms with van der Waals surface area (Å²) >= 11 is 0. The predicted octanol–water partition coefficient (Wildman–Crippen LogP) is 5.62. The van der Waals surface area contributed by atoms with E-state index in [1.807, 2.05) is 6.07 Å². The highest BCUT2D eigenvalue weighted by Gasteiger charge is 2.37. The van der Waals surface area contributed by atoms with E-state index >= 15 is 0 Å². The van der Waals surface area contributed by atoms with Crippen molar-refractivity contribution in [2.45, 2.75) is 83.2 Å². The molecule has 5 heteroatoms. The number of aromatic nitrogens is 2. The lowest BCUT2D eigenvalue weighted by atomic mass is 9.82. The molecular weight excluding hydrogens is 352 g/mol. The van der Waals surface area contributed by atoms with Crippen molar-refractivity contribution in [2.24, 2.45) is 0 Å². The van der Waals surface area contributed by atoms with Crippen LogP contribution in [0.4, 0.5) is 0 Å². The van der Waals surface area contributed by atoms with Crippen molar-refractivity contribution in [3.63, 3.8) is 0 Å². The molecule has 3 rings (SSSR count). The van der Waals surface area contributed by atoms with Crippen LogP contribution < -0.4 is 0 Å². The number of nitrogens with one attached hydrogen (secondary N) is 1. The van der Waals surface area contributed by atoms with Gasteiger partial charge in [0, 0.05) is 11.8 Å². The number of hydrogen-bond acceptors (Lipinski definition) is 3. The van der Waals surface area contributed by atoms with Crippen LogP contribution >= 0.6 is 0 Å². The SMILES string of the molecule is CC(C)(C)[Si](C)(C)OCc1cc([C@H]2CC[C@@H](O)CC2)ccc1-c1ccn[nH]1. The van der Waals surface area contributed by atoms with E-state index in [1.54, 1.807) is 6.20 Å². The number of benzene rings is 1. The molecule has 0 amide bonds. The van der Waals surface area contributed by atoms with E-state index in [9.17, 15) is 5.11 Å². The van der Waals surface area contributed by atoms with Crippen molar-refractivity contribution in [3.05, 3.63) is 41.6 Å². The molecule has 1 aliphatic rings. The lowest BCUT2D eigenvalue weighted by Gasteiger charge is -2.36. The van der Waals surface area contributed by atoms with Gasteiger partial charge in [-0.25, -0.2) is 0 Å². The van der Waals surface area contributed by atoms with Crippen molar-refractivity contribution in [3.8, 4) is 11.3 Å². The molecule has 27 heavy (non-hydrogen) atoms. The summed E-state index contributed by atoms with van der Waals surface area (Å²) in [7, 11) is -1.82. The van der Waals surface area contributed by atoms with E-state index in [-0.39, 0.29) is 11.1 Å². The number of aromatic amines is 1. The second-order valence-electron chi connectivity index (χ2n) is 9.44. The Hall–Kier alpha value is -1.43. The summed E-state index contributed by atoms with van der Waals surface area (Å²) < 4.78 is 6.54. The summed E-state index contributed by atoms with van der Waals surface area (Å²) in [6.07, 6.45) is 5.61. The topological polar surface area (TPSA) is 58.1 Å². The Bertz CT molecular complexity index is 742. The first-order valence-electron chi connectivity index (χ1n) is 10.1. The number of nitrogens with zero attached hydrogens (tertiary/aromatic N) is 1. The van der Waals surface area contributed by atoms with Crippen molar-refractivity contribution in [2.75, 3.05) is 0 Å². The van der Waals surface area contributed by atoms with Gasteiger partial charge in [0.2, 0.25) is 0 Å². The molecule has 1 aliphatic carbocycles. The number of aliphatic hydroxyl groups excluding tert-OH is 1. The second kappa shape index (κ2) is 7.90. The first-order chi connectivity index (χ1) is 12.7. The third kappa shape index (κ3) is 4.70. The van der Waals surface area contributed by atoms with E-state index in [0.717, 1.165) is 31.4 Å². The summed E-state index contributed by atoms with van der Waals surface area (Å²) in [6.45, 7) is 12.1. The van der Waals surface area contributed by atoms with Gasteiger partial charge in [0.15, 0.2) is 8.32 Å². The van der Waals surface area contributed by atoms with Crippen LogP contribution in [0.5, 0.6) is 0 Å². The van der Waals surface area contributed by atoms with Gasteiger partial charge in [0.25, 0.3) is 0 Å². The first-order valence-corrected chi connectivity index (χ1v) is 13.0. The molecule has 1 aromatic heterocycles. The zero-order valence-corrected chi connectivity index (χ0v) is 18.4. The van der Waals surface area contributed by atoms with Gasteiger partial charge in [-0.1, -0.05) is 39.0 Å². The van der Waals surface area contributed by atoms with Gasteiger partial charge in [-0.3, -0.25) is 5.10 Å². The molecule has 148 valence electrons. The lowest BCUT2D eigenvalue weighted by Crippen LogP contribution is -2.40. The molecular formula is C22H34N2O2Si. The Balaban J connectivity index is 1.87. The van der Waals surface area contributed by atoms with Crippen LogP contribution in [0.1, 0.15) is 63.5 Å². The van der Waals surface area contributed by atoms with Gasteiger partial charge in [-0.05, 0) is 66.9 Å². The average molecular weight is 387 g/mol. The maximum Gasteiger partial charge on any atom is 0.192 e.